The quantitative estimate of drug-likeness (QED) is 0.696. The van der Waals surface area contributed by atoms with Gasteiger partial charge in [-0.1, -0.05) is 23.7 Å². The van der Waals surface area contributed by atoms with Crippen molar-refractivity contribution >= 4 is 29.3 Å². The van der Waals surface area contributed by atoms with Crippen LogP contribution in [0.3, 0.4) is 0 Å². The van der Waals surface area contributed by atoms with Crippen LogP contribution >= 0.6 is 23.4 Å². The lowest BCUT2D eigenvalue weighted by Crippen LogP contribution is -2.54. The smallest absolute Gasteiger partial charge is 0.267 e. The average Bonchev–Trinajstić information content (AvgIpc) is 2.75. The molecule has 0 spiro atoms. The number of rotatable bonds is 5. The average molecular weight is 419 g/mol. The number of amides is 1. The number of carbonyl (C=O) groups excluding carboxylic acids is 1. The Morgan fingerprint density at radius 3 is 2.50 bits per heavy atom. The van der Waals surface area contributed by atoms with Crippen LogP contribution in [0.1, 0.15) is 0 Å². The maximum absolute atomic E-state index is 12.8. The molecule has 0 saturated carbocycles. The molecule has 5 nitrogen and oxygen atoms in total. The van der Waals surface area contributed by atoms with Crippen LogP contribution in [0.15, 0.2) is 53.4 Å². The van der Waals surface area contributed by atoms with Crippen LogP contribution in [0.4, 0.5) is 0 Å². The third kappa shape index (κ3) is 4.74. The molecule has 148 valence electrons. The molecule has 1 fully saturated rings. The molecule has 2 heterocycles. The van der Waals surface area contributed by atoms with Crippen molar-refractivity contribution in [3.63, 3.8) is 0 Å². The Morgan fingerprint density at radius 1 is 1.04 bits per heavy atom. The van der Waals surface area contributed by atoms with Gasteiger partial charge in [0, 0.05) is 48.4 Å². The van der Waals surface area contributed by atoms with Gasteiger partial charge in [0.15, 0.2) is 11.5 Å². The molecule has 2 aromatic rings. The van der Waals surface area contributed by atoms with Crippen molar-refractivity contribution in [2.45, 2.75) is 11.0 Å². The normalized spacial score (nSPS) is 19.5. The predicted molar refractivity (Wildman–Crippen MR) is 112 cm³/mol. The van der Waals surface area contributed by atoms with Crippen molar-refractivity contribution in [2.24, 2.45) is 0 Å². The Morgan fingerprint density at radius 2 is 1.75 bits per heavy atom. The first-order valence-electron chi connectivity index (χ1n) is 9.47. The van der Waals surface area contributed by atoms with E-state index in [-0.39, 0.29) is 12.5 Å². The van der Waals surface area contributed by atoms with Gasteiger partial charge in [-0.05, 0) is 36.4 Å². The van der Waals surface area contributed by atoms with Crippen molar-refractivity contribution in [3.8, 4) is 11.5 Å². The third-order valence-corrected chi connectivity index (χ3v) is 6.20. The molecule has 1 saturated heterocycles. The fraction of sp³-hybridized carbons (Fsp3) is 0.381. The van der Waals surface area contributed by atoms with Gasteiger partial charge < -0.3 is 14.4 Å². The number of hydrogen-bond donors (Lipinski definition) is 0. The first kappa shape index (κ1) is 19.4. The minimum Gasteiger partial charge on any atom is -0.485 e. The summed E-state index contributed by atoms with van der Waals surface area (Å²) in [5.74, 6) is 2.38. The molecule has 2 aliphatic heterocycles. The largest absolute Gasteiger partial charge is 0.485 e. The van der Waals surface area contributed by atoms with E-state index in [1.54, 1.807) is 0 Å². The second kappa shape index (κ2) is 9.07. The summed E-state index contributed by atoms with van der Waals surface area (Å²) < 4.78 is 11.5. The van der Waals surface area contributed by atoms with Crippen molar-refractivity contribution < 1.29 is 14.3 Å². The highest BCUT2D eigenvalue weighted by atomic mass is 35.5. The van der Waals surface area contributed by atoms with Crippen molar-refractivity contribution in [1.82, 2.24) is 9.80 Å². The van der Waals surface area contributed by atoms with E-state index in [1.807, 2.05) is 65.2 Å². The standard InChI is InChI=1S/C21H23ClN2O3S/c22-16-5-7-17(8-6-16)28-14-13-23-9-11-24(12-10-23)21(25)20-15-26-18-3-1-2-4-19(18)27-20/h1-8,20H,9-15H2/t20-/m0/s1. The SMILES string of the molecule is O=C([C@@H]1COc2ccccc2O1)N1CCN(CCSc2ccc(Cl)cc2)CC1. The van der Waals surface area contributed by atoms with Gasteiger partial charge in [-0.3, -0.25) is 9.69 Å². The first-order chi connectivity index (χ1) is 13.7. The molecule has 28 heavy (non-hydrogen) atoms. The highest BCUT2D eigenvalue weighted by Crippen LogP contribution is 2.31. The Kier molecular flexibility index (Phi) is 6.29. The Bertz CT molecular complexity index is 810. The molecule has 0 bridgehead atoms. The zero-order valence-corrected chi connectivity index (χ0v) is 17.1. The van der Waals surface area contributed by atoms with Crippen LogP contribution in [0.2, 0.25) is 5.02 Å². The van der Waals surface area contributed by atoms with E-state index < -0.39 is 6.10 Å². The number of thioether (sulfide) groups is 1. The number of fused-ring (bicyclic) bond motifs is 1. The van der Waals surface area contributed by atoms with Gasteiger partial charge in [0.1, 0.15) is 6.61 Å². The van der Waals surface area contributed by atoms with Gasteiger partial charge in [0.25, 0.3) is 5.91 Å². The predicted octanol–water partition coefficient (Wildman–Crippen LogP) is 3.42. The lowest BCUT2D eigenvalue weighted by molar-refractivity contribution is -0.142. The van der Waals surface area contributed by atoms with E-state index in [0.717, 1.165) is 43.5 Å². The lowest BCUT2D eigenvalue weighted by Gasteiger charge is -2.37. The van der Waals surface area contributed by atoms with Gasteiger partial charge >= 0.3 is 0 Å². The van der Waals surface area contributed by atoms with E-state index in [4.69, 9.17) is 21.1 Å². The number of carbonyl (C=O) groups is 1. The molecule has 0 aromatic heterocycles. The Hall–Kier alpha value is -1.89. The van der Waals surface area contributed by atoms with Crippen LogP contribution in [-0.2, 0) is 4.79 Å². The van der Waals surface area contributed by atoms with E-state index >= 15 is 0 Å². The van der Waals surface area contributed by atoms with Crippen LogP contribution < -0.4 is 9.47 Å². The van der Waals surface area contributed by atoms with Crippen molar-refractivity contribution in [3.05, 3.63) is 53.6 Å². The molecule has 0 unspecified atom stereocenters. The fourth-order valence-electron chi connectivity index (χ4n) is 3.36. The summed E-state index contributed by atoms with van der Waals surface area (Å²) >= 11 is 7.75. The molecule has 2 aromatic carbocycles. The number of nitrogens with zero attached hydrogens (tertiary/aromatic N) is 2. The minimum absolute atomic E-state index is 0.0182. The van der Waals surface area contributed by atoms with E-state index in [9.17, 15) is 4.79 Å². The summed E-state index contributed by atoms with van der Waals surface area (Å²) in [5.41, 5.74) is 0. The summed E-state index contributed by atoms with van der Waals surface area (Å²) in [6.45, 7) is 4.51. The summed E-state index contributed by atoms with van der Waals surface area (Å²) in [5, 5.41) is 0.765. The Balaban J connectivity index is 1.21. The maximum Gasteiger partial charge on any atom is 0.267 e. The van der Waals surface area contributed by atoms with Crippen molar-refractivity contribution in [1.29, 1.82) is 0 Å². The maximum atomic E-state index is 12.8. The second-order valence-corrected chi connectivity index (χ2v) is 8.44. The fourth-order valence-corrected chi connectivity index (χ4v) is 4.40. The number of hydrogen-bond acceptors (Lipinski definition) is 5. The number of benzene rings is 2. The van der Waals surface area contributed by atoms with E-state index in [0.29, 0.717) is 11.5 Å². The lowest BCUT2D eigenvalue weighted by atomic mass is 10.2. The second-order valence-electron chi connectivity index (χ2n) is 6.83. The van der Waals surface area contributed by atoms with E-state index in [2.05, 4.69) is 4.90 Å². The first-order valence-corrected chi connectivity index (χ1v) is 10.8. The third-order valence-electron chi connectivity index (χ3n) is 4.96. The van der Waals surface area contributed by atoms with Crippen molar-refractivity contribution in [2.75, 3.05) is 45.1 Å². The molecule has 2 aliphatic rings. The van der Waals surface area contributed by atoms with Crippen LogP contribution in [0.5, 0.6) is 11.5 Å². The zero-order valence-electron chi connectivity index (χ0n) is 15.6. The molecule has 4 rings (SSSR count). The summed E-state index contributed by atoms with van der Waals surface area (Å²) in [4.78, 5) is 18.3. The summed E-state index contributed by atoms with van der Waals surface area (Å²) in [6.07, 6.45) is -0.554. The van der Waals surface area contributed by atoms with E-state index in [1.165, 1.54) is 4.90 Å². The zero-order chi connectivity index (χ0) is 19.3. The molecule has 1 amide bonds. The Labute approximate surface area is 174 Å². The van der Waals surface area contributed by atoms with Gasteiger partial charge in [-0.2, -0.15) is 0 Å². The van der Waals surface area contributed by atoms with Crippen LogP contribution in [-0.4, -0.2) is 66.9 Å². The van der Waals surface area contributed by atoms with Gasteiger partial charge in [-0.15, -0.1) is 11.8 Å². The van der Waals surface area contributed by atoms with Crippen LogP contribution in [0.25, 0.3) is 0 Å². The topological polar surface area (TPSA) is 42.0 Å². The molecule has 0 aliphatic carbocycles. The molecule has 7 heteroatoms. The highest BCUT2D eigenvalue weighted by Gasteiger charge is 2.32. The molecular formula is C21H23ClN2O3S. The highest BCUT2D eigenvalue weighted by molar-refractivity contribution is 7.99. The molecular weight excluding hydrogens is 396 g/mol. The number of para-hydroxylation sites is 2. The number of piperazine rings is 1. The molecule has 0 N–H and O–H groups in total. The summed E-state index contributed by atoms with van der Waals surface area (Å²) in [7, 11) is 0. The van der Waals surface area contributed by atoms with Gasteiger partial charge in [-0.25, -0.2) is 0 Å². The molecule has 1 atom stereocenters. The van der Waals surface area contributed by atoms with Crippen LogP contribution in [0, 0.1) is 0 Å². The monoisotopic (exact) mass is 418 g/mol. The number of halogens is 1. The number of ether oxygens (including phenoxy) is 2. The summed E-state index contributed by atoms with van der Waals surface area (Å²) in [6, 6.07) is 15.4. The van der Waals surface area contributed by atoms with Gasteiger partial charge in [0.2, 0.25) is 6.10 Å². The minimum atomic E-state index is -0.554. The van der Waals surface area contributed by atoms with Gasteiger partial charge in [0.05, 0.1) is 0 Å². The molecule has 0 radical (unpaired) electrons.